The Labute approximate surface area is 180 Å². The number of halogens is 1. The lowest BCUT2D eigenvalue weighted by Crippen LogP contribution is -2.48. The van der Waals surface area contributed by atoms with E-state index in [1.165, 1.54) is 23.4 Å². The predicted octanol–water partition coefficient (Wildman–Crippen LogP) is 3.69. The van der Waals surface area contributed by atoms with Gasteiger partial charge < -0.3 is 9.64 Å². The number of aryl methyl sites for hydroxylation is 1. The smallest absolute Gasteiger partial charge is 0.255 e. The van der Waals surface area contributed by atoms with Crippen molar-refractivity contribution < 1.29 is 9.13 Å². The number of nitrogens with zero attached hydrogens (tertiary/aromatic N) is 4. The summed E-state index contributed by atoms with van der Waals surface area (Å²) in [6.07, 6.45) is 6.72. The van der Waals surface area contributed by atoms with E-state index in [-0.39, 0.29) is 11.6 Å². The Bertz CT molecular complexity index is 1190. The predicted molar refractivity (Wildman–Crippen MR) is 117 cm³/mol. The quantitative estimate of drug-likeness (QED) is 0.647. The molecule has 0 bridgehead atoms. The van der Waals surface area contributed by atoms with E-state index >= 15 is 0 Å². The number of aromatic nitrogens is 3. The highest BCUT2D eigenvalue weighted by Gasteiger charge is 2.38. The Hall–Kier alpha value is -3.22. The highest BCUT2D eigenvalue weighted by atomic mass is 19.1. The second kappa shape index (κ2) is 7.80. The van der Waals surface area contributed by atoms with Crippen LogP contribution in [0.15, 0.2) is 47.5 Å². The van der Waals surface area contributed by atoms with Crippen molar-refractivity contribution >= 4 is 5.95 Å². The van der Waals surface area contributed by atoms with E-state index in [1.54, 1.807) is 24.8 Å². The van der Waals surface area contributed by atoms with Crippen LogP contribution in [0.4, 0.5) is 10.3 Å². The van der Waals surface area contributed by atoms with Gasteiger partial charge in [0.1, 0.15) is 5.75 Å². The zero-order chi connectivity index (χ0) is 21.5. The van der Waals surface area contributed by atoms with Crippen molar-refractivity contribution in [1.29, 1.82) is 0 Å². The van der Waals surface area contributed by atoms with Gasteiger partial charge in [-0.1, -0.05) is 6.07 Å². The molecule has 1 aliphatic carbocycles. The molecule has 0 spiro atoms. The lowest BCUT2D eigenvalue weighted by molar-refractivity contribution is 0.356. The maximum atomic E-state index is 14.3. The van der Waals surface area contributed by atoms with Crippen molar-refractivity contribution in [2.75, 3.05) is 18.6 Å². The van der Waals surface area contributed by atoms with Gasteiger partial charge in [-0.2, -0.15) is 0 Å². The molecule has 3 aromatic rings. The number of piperidine rings is 1. The molecule has 2 atom stereocenters. The summed E-state index contributed by atoms with van der Waals surface area (Å²) in [5.41, 5.74) is 3.16. The van der Waals surface area contributed by atoms with Gasteiger partial charge in [0.25, 0.3) is 5.56 Å². The van der Waals surface area contributed by atoms with Gasteiger partial charge in [0.15, 0.2) is 5.82 Å². The number of fused-ring (bicyclic) bond motifs is 3. The standard InChI is InChI=1S/C24H25FN4O2/c1-28-23(30)13-21(19-9-10-26-14-20(19)25)27-24(28)29-11-3-4-18-17-7-6-16(31-2)12-15(17)5-8-22(18)29/h6-7,9-10,12-14,18,22H,3-5,8,11H2,1-2H3/t18?,22-/m1/s1. The van der Waals surface area contributed by atoms with Crippen molar-refractivity contribution in [1.82, 2.24) is 14.5 Å². The van der Waals surface area contributed by atoms with Gasteiger partial charge >= 0.3 is 0 Å². The Balaban J connectivity index is 1.56. The van der Waals surface area contributed by atoms with E-state index in [4.69, 9.17) is 9.72 Å². The first-order valence-electron chi connectivity index (χ1n) is 10.7. The number of hydrogen-bond donors (Lipinski definition) is 0. The van der Waals surface area contributed by atoms with Gasteiger partial charge in [-0.15, -0.1) is 0 Å². The lowest BCUT2D eigenvalue weighted by atomic mass is 9.74. The van der Waals surface area contributed by atoms with Crippen LogP contribution in [0.2, 0.25) is 0 Å². The number of anilines is 1. The minimum Gasteiger partial charge on any atom is -0.497 e. The molecule has 1 unspecified atom stereocenters. The van der Waals surface area contributed by atoms with Crippen LogP contribution in [0.1, 0.15) is 36.3 Å². The first kappa shape index (κ1) is 19.7. The molecule has 2 aromatic heterocycles. The van der Waals surface area contributed by atoms with E-state index in [0.717, 1.165) is 44.2 Å². The molecule has 1 aliphatic heterocycles. The van der Waals surface area contributed by atoms with Gasteiger partial charge in [-0.3, -0.25) is 14.3 Å². The van der Waals surface area contributed by atoms with Crippen LogP contribution in [0.5, 0.6) is 5.75 Å². The monoisotopic (exact) mass is 420 g/mol. The molecule has 1 aromatic carbocycles. The number of benzene rings is 1. The number of ether oxygens (including phenoxy) is 1. The van der Waals surface area contributed by atoms with Crippen molar-refractivity contribution in [2.24, 2.45) is 7.05 Å². The molecule has 2 aliphatic rings. The molecule has 160 valence electrons. The van der Waals surface area contributed by atoms with E-state index < -0.39 is 5.82 Å². The maximum absolute atomic E-state index is 14.3. The SMILES string of the molecule is COc1ccc2c(c1)CC[C@@H]1C2CCCN1c1nc(-c2ccncc2F)cc(=O)n1C. The van der Waals surface area contributed by atoms with Crippen LogP contribution in [0, 0.1) is 5.82 Å². The Morgan fingerprint density at radius 3 is 2.87 bits per heavy atom. The van der Waals surface area contributed by atoms with Crippen LogP contribution >= 0.6 is 0 Å². The fourth-order valence-electron chi connectivity index (χ4n) is 5.12. The number of methoxy groups -OCH3 is 1. The second-order valence-corrected chi connectivity index (χ2v) is 8.31. The van der Waals surface area contributed by atoms with Crippen LogP contribution in [-0.4, -0.2) is 34.2 Å². The van der Waals surface area contributed by atoms with E-state index in [1.807, 2.05) is 6.07 Å². The van der Waals surface area contributed by atoms with Crippen LogP contribution in [-0.2, 0) is 13.5 Å². The normalized spacial score (nSPS) is 20.2. The molecule has 7 heteroatoms. The Kier molecular flexibility index (Phi) is 4.96. The molecule has 0 N–H and O–H groups in total. The summed E-state index contributed by atoms with van der Waals surface area (Å²) in [7, 11) is 3.43. The second-order valence-electron chi connectivity index (χ2n) is 8.31. The average Bonchev–Trinajstić information content (AvgIpc) is 2.80. The molecular formula is C24H25FN4O2. The van der Waals surface area contributed by atoms with Crippen molar-refractivity contribution in [2.45, 2.75) is 37.6 Å². The highest BCUT2D eigenvalue weighted by molar-refractivity contribution is 5.60. The summed E-state index contributed by atoms with van der Waals surface area (Å²) in [4.78, 5) is 23.6. The molecule has 31 heavy (non-hydrogen) atoms. The molecule has 5 rings (SSSR count). The van der Waals surface area contributed by atoms with Gasteiger partial charge in [0, 0.05) is 43.4 Å². The lowest BCUT2D eigenvalue weighted by Gasteiger charge is -2.45. The summed E-state index contributed by atoms with van der Waals surface area (Å²) in [6, 6.07) is 9.57. The molecular weight excluding hydrogens is 395 g/mol. The van der Waals surface area contributed by atoms with E-state index in [2.05, 4.69) is 22.0 Å². The molecule has 6 nitrogen and oxygen atoms in total. The number of rotatable bonds is 3. The summed E-state index contributed by atoms with van der Waals surface area (Å²) in [5, 5.41) is 0. The van der Waals surface area contributed by atoms with Gasteiger partial charge in [-0.25, -0.2) is 9.37 Å². The van der Waals surface area contributed by atoms with Crippen LogP contribution in [0.25, 0.3) is 11.3 Å². The average molecular weight is 420 g/mol. The first-order valence-corrected chi connectivity index (χ1v) is 10.7. The number of pyridine rings is 1. The van der Waals surface area contributed by atoms with Crippen molar-refractivity contribution in [3.8, 4) is 17.0 Å². The van der Waals surface area contributed by atoms with Gasteiger partial charge in [0.05, 0.1) is 19.0 Å². The molecule has 0 saturated carbocycles. The largest absolute Gasteiger partial charge is 0.497 e. The molecule has 1 saturated heterocycles. The summed E-state index contributed by atoms with van der Waals surface area (Å²) < 4.78 is 21.3. The van der Waals surface area contributed by atoms with E-state index in [0.29, 0.717) is 23.1 Å². The Morgan fingerprint density at radius 1 is 1.19 bits per heavy atom. The molecule has 3 heterocycles. The van der Waals surface area contributed by atoms with Crippen LogP contribution in [0.3, 0.4) is 0 Å². The van der Waals surface area contributed by atoms with Crippen LogP contribution < -0.4 is 15.2 Å². The molecule has 0 amide bonds. The number of hydrogen-bond acceptors (Lipinski definition) is 5. The maximum Gasteiger partial charge on any atom is 0.255 e. The third-order valence-corrected chi connectivity index (χ3v) is 6.65. The third-order valence-electron chi connectivity index (χ3n) is 6.65. The summed E-state index contributed by atoms with van der Waals surface area (Å²) in [5.74, 6) is 1.39. The Morgan fingerprint density at radius 2 is 2.06 bits per heavy atom. The highest BCUT2D eigenvalue weighted by Crippen LogP contribution is 2.42. The summed E-state index contributed by atoms with van der Waals surface area (Å²) in [6.45, 7) is 0.829. The molecule has 0 radical (unpaired) electrons. The van der Waals surface area contributed by atoms with Crippen molar-refractivity contribution in [3.05, 3.63) is 70.0 Å². The fraction of sp³-hybridized carbons (Fsp3) is 0.375. The van der Waals surface area contributed by atoms with Gasteiger partial charge in [0.2, 0.25) is 5.95 Å². The fourth-order valence-corrected chi connectivity index (χ4v) is 5.12. The zero-order valence-corrected chi connectivity index (χ0v) is 17.7. The third kappa shape index (κ3) is 3.38. The first-order chi connectivity index (χ1) is 15.1. The zero-order valence-electron chi connectivity index (χ0n) is 17.7. The minimum atomic E-state index is -0.480. The van der Waals surface area contributed by atoms with Gasteiger partial charge in [-0.05, 0) is 55.0 Å². The minimum absolute atomic E-state index is 0.195. The molecule has 1 fully saturated rings. The van der Waals surface area contributed by atoms with E-state index in [9.17, 15) is 9.18 Å². The van der Waals surface area contributed by atoms with Crippen molar-refractivity contribution in [3.63, 3.8) is 0 Å². The summed E-state index contributed by atoms with van der Waals surface area (Å²) >= 11 is 0. The topological polar surface area (TPSA) is 60.2 Å².